The van der Waals surface area contributed by atoms with Crippen LogP contribution in [0.1, 0.15) is 19.3 Å². The maximum absolute atomic E-state index is 6.21. The molecule has 3 saturated carbocycles. The van der Waals surface area contributed by atoms with Crippen molar-refractivity contribution >= 4 is 0 Å². The van der Waals surface area contributed by atoms with Gasteiger partial charge in [-0.25, -0.2) is 0 Å². The molecule has 4 aliphatic rings. The maximum atomic E-state index is 6.21. The fraction of sp³-hybridized carbons (Fsp3) is 0.500. The van der Waals surface area contributed by atoms with Gasteiger partial charge in [0.2, 0.25) is 0 Å². The first-order chi connectivity index (χ1) is 8.42. The SMILES string of the molecule is C1=C[C@@H]2[C@H]1[C@H]1CC[C@H]2[C@@H](Oc2ccccc2)C1. The van der Waals surface area contributed by atoms with Crippen molar-refractivity contribution in [1.29, 1.82) is 0 Å². The molecule has 2 bridgehead atoms. The second-order valence-electron chi connectivity index (χ2n) is 5.75. The minimum Gasteiger partial charge on any atom is -0.490 e. The van der Waals surface area contributed by atoms with Gasteiger partial charge in [-0.2, -0.15) is 0 Å². The fourth-order valence-electron chi connectivity index (χ4n) is 4.05. The summed E-state index contributed by atoms with van der Waals surface area (Å²) in [6.07, 6.45) is 9.37. The molecule has 0 aromatic heterocycles. The highest BCUT2D eigenvalue weighted by Gasteiger charge is 2.50. The highest BCUT2D eigenvalue weighted by molar-refractivity contribution is 5.23. The minimum atomic E-state index is 0.461. The topological polar surface area (TPSA) is 9.23 Å². The van der Waals surface area contributed by atoms with Gasteiger partial charge in [0.05, 0.1) is 0 Å². The van der Waals surface area contributed by atoms with Crippen molar-refractivity contribution in [3.63, 3.8) is 0 Å². The van der Waals surface area contributed by atoms with Crippen LogP contribution < -0.4 is 4.74 Å². The summed E-state index contributed by atoms with van der Waals surface area (Å²) < 4.78 is 6.21. The van der Waals surface area contributed by atoms with E-state index in [-0.39, 0.29) is 0 Å². The quantitative estimate of drug-likeness (QED) is 0.699. The first-order valence-corrected chi connectivity index (χ1v) is 6.82. The number of rotatable bonds is 2. The van der Waals surface area contributed by atoms with E-state index >= 15 is 0 Å². The Morgan fingerprint density at radius 3 is 2.47 bits per heavy atom. The van der Waals surface area contributed by atoms with Crippen molar-refractivity contribution in [1.82, 2.24) is 0 Å². The van der Waals surface area contributed by atoms with Gasteiger partial charge in [-0.05, 0) is 49.1 Å². The van der Waals surface area contributed by atoms with Gasteiger partial charge in [0.15, 0.2) is 0 Å². The summed E-state index contributed by atoms with van der Waals surface area (Å²) in [6, 6.07) is 10.3. The van der Waals surface area contributed by atoms with Crippen molar-refractivity contribution in [2.45, 2.75) is 25.4 Å². The average molecular weight is 226 g/mol. The van der Waals surface area contributed by atoms with E-state index in [2.05, 4.69) is 36.4 Å². The number of allylic oxidation sites excluding steroid dienone is 2. The van der Waals surface area contributed by atoms with E-state index < -0.39 is 0 Å². The monoisotopic (exact) mass is 226 g/mol. The van der Waals surface area contributed by atoms with E-state index in [9.17, 15) is 0 Å². The molecule has 1 aromatic carbocycles. The molecule has 1 aromatic rings. The van der Waals surface area contributed by atoms with Crippen LogP contribution in [0.15, 0.2) is 42.5 Å². The largest absolute Gasteiger partial charge is 0.490 e. The van der Waals surface area contributed by atoms with E-state index in [0.29, 0.717) is 6.10 Å². The minimum absolute atomic E-state index is 0.461. The summed E-state index contributed by atoms with van der Waals surface area (Å²) in [5.74, 6) is 4.43. The van der Waals surface area contributed by atoms with E-state index in [0.717, 1.165) is 29.4 Å². The molecule has 0 N–H and O–H groups in total. The fourth-order valence-corrected chi connectivity index (χ4v) is 4.05. The average Bonchev–Trinajstić information content (AvgIpc) is 2.31. The lowest BCUT2D eigenvalue weighted by Crippen LogP contribution is -2.51. The van der Waals surface area contributed by atoms with Crippen LogP contribution in [0.2, 0.25) is 0 Å². The normalized spacial score (nSPS) is 41.8. The predicted molar refractivity (Wildman–Crippen MR) is 67.8 cm³/mol. The third-order valence-corrected chi connectivity index (χ3v) is 4.95. The molecule has 0 spiro atoms. The summed E-state index contributed by atoms with van der Waals surface area (Å²) in [6.45, 7) is 0. The van der Waals surface area contributed by atoms with Crippen molar-refractivity contribution < 1.29 is 4.74 Å². The first kappa shape index (κ1) is 9.76. The molecule has 0 unspecified atom stereocenters. The van der Waals surface area contributed by atoms with Crippen LogP contribution in [0.25, 0.3) is 0 Å². The number of ether oxygens (including phenoxy) is 1. The Morgan fingerprint density at radius 2 is 1.76 bits per heavy atom. The van der Waals surface area contributed by atoms with Crippen LogP contribution in [-0.4, -0.2) is 6.10 Å². The van der Waals surface area contributed by atoms with Crippen molar-refractivity contribution in [3.05, 3.63) is 42.5 Å². The molecule has 17 heavy (non-hydrogen) atoms. The van der Waals surface area contributed by atoms with Crippen LogP contribution in [0, 0.1) is 23.7 Å². The molecule has 1 nitrogen and oxygen atoms in total. The Bertz CT molecular complexity index is 436. The third kappa shape index (κ3) is 1.45. The maximum Gasteiger partial charge on any atom is 0.119 e. The van der Waals surface area contributed by atoms with Gasteiger partial charge in [-0.1, -0.05) is 30.4 Å². The van der Waals surface area contributed by atoms with Gasteiger partial charge in [0.25, 0.3) is 0 Å². The molecule has 88 valence electrons. The van der Waals surface area contributed by atoms with Crippen LogP contribution >= 0.6 is 0 Å². The number of hydrogen-bond acceptors (Lipinski definition) is 1. The van der Waals surface area contributed by atoms with Gasteiger partial charge < -0.3 is 4.74 Å². The molecule has 0 amide bonds. The molecule has 0 saturated heterocycles. The molecular formula is C16H18O. The second kappa shape index (κ2) is 3.63. The summed E-state index contributed by atoms with van der Waals surface area (Å²) in [7, 11) is 0. The smallest absolute Gasteiger partial charge is 0.119 e. The Labute approximate surface area is 102 Å². The molecule has 0 aliphatic heterocycles. The summed E-state index contributed by atoms with van der Waals surface area (Å²) in [5, 5.41) is 0. The van der Waals surface area contributed by atoms with Crippen LogP contribution in [0.3, 0.4) is 0 Å². The lowest BCUT2D eigenvalue weighted by molar-refractivity contribution is -0.0426. The Morgan fingerprint density at radius 1 is 0.941 bits per heavy atom. The number of hydrogen-bond donors (Lipinski definition) is 0. The summed E-state index contributed by atoms with van der Waals surface area (Å²) in [5.41, 5.74) is 0. The molecular weight excluding hydrogens is 208 g/mol. The zero-order valence-corrected chi connectivity index (χ0v) is 9.96. The van der Waals surface area contributed by atoms with Crippen molar-refractivity contribution in [3.8, 4) is 5.75 Å². The standard InChI is InChI=1S/C16H18O/c1-2-4-12(5-3-1)17-16-10-11-6-7-15(16)14-9-8-13(11)14/h1-5,8-9,11,13-16H,6-7,10H2/t11-,13+,14+,15+,16-/m0/s1. The summed E-state index contributed by atoms with van der Waals surface area (Å²) in [4.78, 5) is 0. The molecule has 0 radical (unpaired) electrons. The molecule has 5 atom stereocenters. The van der Waals surface area contributed by atoms with Gasteiger partial charge in [0.1, 0.15) is 11.9 Å². The van der Waals surface area contributed by atoms with Gasteiger partial charge >= 0.3 is 0 Å². The van der Waals surface area contributed by atoms with Crippen LogP contribution in [0.4, 0.5) is 0 Å². The zero-order valence-electron chi connectivity index (χ0n) is 9.96. The Hall–Kier alpha value is -1.24. The highest BCUT2D eigenvalue weighted by Crippen LogP contribution is 2.54. The summed E-state index contributed by atoms with van der Waals surface area (Å²) >= 11 is 0. The van der Waals surface area contributed by atoms with E-state index in [1.807, 2.05) is 6.07 Å². The lowest BCUT2D eigenvalue weighted by atomic mass is 9.53. The first-order valence-electron chi connectivity index (χ1n) is 6.82. The molecule has 3 fully saturated rings. The van der Waals surface area contributed by atoms with Crippen LogP contribution in [-0.2, 0) is 0 Å². The van der Waals surface area contributed by atoms with Crippen molar-refractivity contribution in [2.75, 3.05) is 0 Å². The second-order valence-corrected chi connectivity index (χ2v) is 5.75. The molecule has 5 rings (SSSR count). The lowest BCUT2D eigenvalue weighted by Gasteiger charge is -2.54. The molecule has 0 heterocycles. The highest BCUT2D eigenvalue weighted by atomic mass is 16.5. The molecule has 1 heteroatoms. The third-order valence-electron chi connectivity index (χ3n) is 4.95. The van der Waals surface area contributed by atoms with E-state index in [1.54, 1.807) is 0 Å². The zero-order chi connectivity index (χ0) is 11.2. The Kier molecular flexibility index (Phi) is 2.08. The van der Waals surface area contributed by atoms with Crippen molar-refractivity contribution in [2.24, 2.45) is 23.7 Å². The number of para-hydroxylation sites is 1. The molecule has 4 aliphatic carbocycles. The van der Waals surface area contributed by atoms with Gasteiger partial charge in [0, 0.05) is 5.92 Å². The van der Waals surface area contributed by atoms with E-state index in [1.165, 1.54) is 19.3 Å². The number of fused-ring (bicyclic) bond motifs is 2. The van der Waals surface area contributed by atoms with Crippen LogP contribution in [0.5, 0.6) is 5.75 Å². The predicted octanol–water partition coefficient (Wildman–Crippen LogP) is 3.67. The van der Waals surface area contributed by atoms with Gasteiger partial charge in [-0.3, -0.25) is 0 Å². The number of benzene rings is 1. The van der Waals surface area contributed by atoms with Gasteiger partial charge in [-0.15, -0.1) is 0 Å². The van der Waals surface area contributed by atoms with E-state index in [4.69, 9.17) is 4.74 Å². The Balaban J connectivity index is 1.55.